The van der Waals surface area contributed by atoms with Gasteiger partial charge in [0.05, 0.1) is 12.2 Å². The molecule has 1 aromatic heterocycles. The van der Waals surface area contributed by atoms with Crippen LogP contribution in [-0.2, 0) is 13.0 Å². The van der Waals surface area contributed by atoms with E-state index in [0.29, 0.717) is 6.61 Å². The lowest BCUT2D eigenvalue weighted by Crippen LogP contribution is -2.28. The fraction of sp³-hybridized carbons (Fsp3) is 0.333. The van der Waals surface area contributed by atoms with Crippen molar-refractivity contribution in [1.29, 1.82) is 0 Å². The van der Waals surface area contributed by atoms with Crippen molar-refractivity contribution < 1.29 is 4.74 Å². The van der Waals surface area contributed by atoms with Crippen molar-refractivity contribution in [3.8, 4) is 17.1 Å². The second-order valence-electron chi connectivity index (χ2n) is 6.92. The summed E-state index contributed by atoms with van der Waals surface area (Å²) in [5.41, 5.74) is 3.39. The fourth-order valence-electron chi connectivity index (χ4n) is 3.93. The van der Waals surface area contributed by atoms with E-state index in [9.17, 15) is 0 Å². The maximum absolute atomic E-state index is 5.98. The molecule has 0 unspecified atom stereocenters. The SMILES string of the molecule is c1ccc(N2CCOc3cc(-c4nnc5n4CCCCC5)ccc32)cc1. The normalized spacial score (nSPS) is 16.4. The van der Waals surface area contributed by atoms with Crippen molar-refractivity contribution in [1.82, 2.24) is 14.8 Å². The molecule has 0 spiro atoms. The van der Waals surface area contributed by atoms with E-state index in [-0.39, 0.29) is 0 Å². The number of aryl methyl sites for hydroxylation is 1. The van der Waals surface area contributed by atoms with E-state index >= 15 is 0 Å². The predicted molar refractivity (Wildman–Crippen MR) is 102 cm³/mol. The maximum atomic E-state index is 5.98. The highest BCUT2D eigenvalue weighted by Crippen LogP contribution is 2.39. The summed E-state index contributed by atoms with van der Waals surface area (Å²) in [6.45, 7) is 2.55. The molecule has 3 heterocycles. The molecule has 0 bridgehead atoms. The standard InChI is InChI=1S/C21H22N4O/c1-3-7-17(8-4-1)24-13-14-26-19-15-16(10-11-18(19)24)21-23-22-20-9-5-2-6-12-25(20)21/h1,3-4,7-8,10-11,15H,2,5-6,9,12-14H2. The van der Waals surface area contributed by atoms with Crippen LogP contribution in [0.15, 0.2) is 48.5 Å². The number of aromatic nitrogens is 3. The van der Waals surface area contributed by atoms with Gasteiger partial charge < -0.3 is 14.2 Å². The Morgan fingerprint density at radius 1 is 0.885 bits per heavy atom. The van der Waals surface area contributed by atoms with Gasteiger partial charge in [-0.05, 0) is 43.2 Å². The van der Waals surface area contributed by atoms with Crippen LogP contribution < -0.4 is 9.64 Å². The zero-order valence-electron chi connectivity index (χ0n) is 14.8. The number of para-hydroxylation sites is 1. The zero-order chi connectivity index (χ0) is 17.3. The van der Waals surface area contributed by atoms with Crippen molar-refractivity contribution in [2.24, 2.45) is 0 Å². The van der Waals surface area contributed by atoms with E-state index in [1.54, 1.807) is 0 Å². The number of anilines is 2. The third kappa shape index (κ3) is 2.64. The van der Waals surface area contributed by atoms with Crippen LogP contribution in [0.3, 0.4) is 0 Å². The third-order valence-electron chi connectivity index (χ3n) is 5.26. The maximum Gasteiger partial charge on any atom is 0.164 e. The number of fused-ring (bicyclic) bond motifs is 2. The van der Waals surface area contributed by atoms with Crippen LogP contribution in [0.4, 0.5) is 11.4 Å². The average Bonchev–Trinajstić information content (AvgIpc) is 2.96. The van der Waals surface area contributed by atoms with E-state index in [1.807, 2.05) is 6.07 Å². The van der Waals surface area contributed by atoms with Gasteiger partial charge in [-0.15, -0.1) is 10.2 Å². The molecule has 132 valence electrons. The highest BCUT2D eigenvalue weighted by atomic mass is 16.5. The zero-order valence-corrected chi connectivity index (χ0v) is 14.8. The van der Waals surface area contributed by atoms with Crippen molar-refractivity contribution in [2.45, 2.75) is 32.2 Å². The minimum atomic E-state index is 0.684. The Hall–Kier alpha value is -2.82. The van der Waals surface area contributed by atoms with Gasteiger partial charge in [-0.3, -0.25) is 0 Å². The Labute approximate surface area is 153 Å². The van der Waals surface area contributed by atoms with Crippen molar-refractivity contribution in [3.63, 3.8) is 0 Å². The predicted octanol–water partition coefficient (Wildman–Crippen LogP) is 4.20. The van der Waals surface area contributed by atoms with Crippen LogP contribution in [0, 0.1) is 0 Å². The van der Waals surface area contributed by atoms with Gasteiger partial charge in [0.2, 0.25) is 0 Å². The summed E-state index contributed by atoms with van der Waals surface area (Å²) in [7, 11) is 0. The summed E-state index contributed by atoms with van der Waals surface area (Å²) in [6.07, 6.45) is 4.69. The van der Waals surface area contributed by atoms with Gasteiger partial charge in [-0.1, -0.05) is 24.6 Å². The van der Waals surface area contributed by atoms with Crippen LogP contribution in [-0.4, -0.2) is 27.9 Å². The summed E-state index contributed by atoms with van der Waals surface area (Å²) in [4.78, 5) is 2.31. The van der Waals surface area contributed by atoms with Crippen LogP contribution in [0.2, 0.25) is 0 Å². The summed E-state index contributed by atoms with van der Waals surface area (Å²) < 4.78 is 8.27. The minimum absolute atomic E-state index is 0.684. The van der Waals surface area contributed by atoms with Gasteiger partial charge in [-0.2, -0.15) is 0 Å². The minimum Gasteiger partial charge on any atom is -0.490 e. The number of ether oxygens (including phenoxy) is 1. The lowest BCUT2D eigenvalue weighted by molar-refractivity contribution is 0.314. The Morgan fingerprint density at radius 3 is 2.73 bits per heavy atom. The van der Waals surface area contributed by atoms with E-state index in [2.05, 4.69) is 62.1 Å². The van der Waals surface area contributed by atoms with E-state index in [1.165, 1.54) is 24.9 Å². The molecular formula is C21H22N4O. The molecule has 0 N–H and O–H groups in total. The first-order chi connectivity index (χ1) is 12.9. The van der Waals surface area contributed by atoms with Crippen LogP contribution >= 0.6 is 0 Å². The Balaban J connectivity index is 1.53. The molecule has 0 saturated carbocycles. The van der Waals surface area contributed by atoms with Gasteiger partial charge >= 0.3 is 0 Å². The first-order valence-corrected chi connectivity index (χ1v) is 9.42. The summed E-state index contributed by atoms with van der Waals surface area (Å²) in [5.74, 6) is 3.00. The molecule has 5 heteroatoms. The number of hydrogen-bond donors (Lipinski definition) is 0. The molecule has 5 nitrogen and oxygen atoms in total. The lowest BCUT2D eigenvalue weighted by Gasteiger charge is -2.31. The molecule has 26 heavy (non-hydrogen) atoms. The van der Waals surface area contributed by atoms with Gasteiger partial charge in [-0.25, -0.2) is 0 Å². The van der Waals surface area contributed by atoms with Gasteiger partial charge in [0.15, 0.2) is 5.82 Å². The smallest absolute Gasteiger partial charge is 0.164 e. The molecule has 2 aromatic carbocycles. The molecule has 0 radical (unpaired) electrons. The highest BCUT2D eigenvalue weighted by Gasteiger charge is 2.22. The number of benzene rings is 2. The topological polar surface area (TPSA) is 43.2 Å². The summed E-state index contributed by atoms with van der Waals surface area (Å²) in [5, 5.41) is 8.91. The Kier molecular flexibility index (Phi) is 3.85. The van der Waals surface area contributed by atoms with E-state index in [0.717, 1.165) is 48.2 Å². The van der Waals surface area contributed by atoms with Crippen molar-refractivity contribution in [3.05, 3.63) is 54.4 Å². The number of nitrogens with zero attached hydrogens (tertiary/aromatic N) is 4. The molecule has 3 aromatic rings. The van der Waals surface area contributed by atoms with Crippen molar-refractivity contribution >= 4 is 11.4 Å². The van der Waals surface area contributed by atoms with Gasteiger partial charge in [0.25, 0.3) is 0 Å². The lowest BCUT2D eigenvalue weighted by atomic mass is 10.1. The molecule has 2 aliphatic heterocycles. The quantitative estimate of drug-likeness (QED) is 0.697. The second kappa shape index (κ2) is 6.48. The summed E-state index contributed by atoms with van der Waals surface area (Å²) >= 11 is 0. The fourth-order valence-corrected chi connectivity index (χ4v) is 3.93. The summed E-state index contributed by atoms with van der Waals surface area (Å²) in [6, 6.07) is 16.9. The van der Waals surface area contributed by atoms with Gasteiger partial charge in [0, 0.05) is 24.2 Å². The monoisotopic (exact) mass is 346 g/mol. The number of rotatable bonds is 2. The first kappa shape index (κ1) is 15.4. The Morgan fingerprint density at radius 2 is 1.81 bits per heavy atom. The van der Waals surface area contributed by atoms with E-state index in [4.69, 9.17) is 4.74 Å². The highest BCUT2D eigenvalue weighted by molar-refractivity contribution is 5.74. The third-order valence-corrected chi connectivity index (χ3v) is 5.26. The van der Waals surface area contributed by atoms with Crippen LogP contribution in [0.1, 0.15) is 25.1 Å². The average molecular weight is 346 g/mol. The molecule has 2 aliphatic rings. The van der Waals surface area contributed by atoms with E-state index < -0.39 is 0 Å². The number of hydrogen-bond acceptors (Lipinski definition) is 4. The Bertz CT molecular complexity index is 919. The first-order valence-electron chi connectivity index (χ1n) is 9.42. The van der Waals surface area contributed by atoms with Crippen LogP contribution in [0.25, 0.3) is 11.4 Å². The second-order valence-corrected chi connectivity index (χ2v) is 6.92. The van der Waals surface area contributed by atoms with Crippen LogP contribution in [0.5, 0.6) is 5.75 Å². The molecule has 0 aliphatic carbocycles. The molecule has 5 rings (SSSR count). The molecule has 0 atom stereocenters. The largest absolute Gasteiger partial charge is 0.490 e. The van der Waals surface area contributed by atoms with Gasteiger partial charge in [0.1, 0.15) is 18.2 Å². The molecular weight excluding hydrogens is 324 g/mol. The molecule has 0 fully saturated rings. The van der Waals surface area contributed by atoms with Crippen molar-refractivity contribution in [2.75, 3.05) is 18.1 Å². The molecule has 0 saturated heterocycles. The molecule has 0 amide bonds.